The molecule has 0 spiro atoms. The summed E-state index contributed by atoms with van der Waals surface area (Å²) in [6.45, 7) is -0.1000. The molecule has 0 aliphatic rings. The van der Waals surface area contributed by atoms with Crippen molar-refractivity contribution in [1.82, 2.24) is 5.32 Å². The van der Waals surface area contributed by atoms with Gasteiger partial charge in [-0.25, -0.2) is 8.78 Å². The van der Waals surface area contributed by atoms with E-state index in [9.17, 15) is 18.7 Å². The van der Waals surface area contributed by atoms with Crippen LogP contribution < -0.4 is 15.4 Å². The summed E-state index contributed by atoms with van der Waals surface area (Å²) < 4.78 is 30.9. The van der Waals surface area contributed by atoms with Crippen LogP contribution in [0, 0.1) is 11.6 Å². The number of hydrogen-bond donors (Lipinski definition) is 3. The number of para-hydroxylation sites is 1. The topological polar surface area (TPSA) is 70.6 Å². The van der Waals surface area contributed by atoms with E-state index in [1.807, 2.05) is 30.3 Å². The molecule has 2 rings (SSSR count). The fourth-order valence-corrected chi connectivity index (χ4v) is 1.85. The van der Waals surface area contributed by atoms with Crippen molar-refractivity contribution in [3.63, 3.8) is 0 Å². The maximum absolute atomic E-state index is 13.0. The van der Waals surface area contributed by atoms with Gasteiger partial charge in [0.25, 0.3) is 0 Å². The highest BCUT2D eigenvalue weighted by molar-refractivity contribution is 5.80. The van der Waals surface area contributed by atoms with Crippen molar-refractivity contribution >= 4 is 11.6 Å². The quantitative estimate of drug-likeness (QED) is 0.689. The molecule has 0 heterocycles. The average Bonchev–Trinajstić information content (AvgIpc) is 2.60. The number of benzene rings is 2. The van der Waals surface area contributed by atoms with Crippen LogP contribution in [0.4, 0.5) is 14.5 Å². The van der Waals surface area contributed by atoms with E-state index in [2.05, 4.69) is 10.6 Å². The molecule has 0 aliphatic carbocycles. The Hall–Kier alpha value is -2.67. The van der Waals surface area contributed by atoms with Crippen molar-refractivity contribution in [3.8, 4) is 5.75 Å². The van der Waals surface area contributed by atoms with Gasteiger partial charge in [0.1, 0.15) is 18.5 Å². The van der Waals surface area contributed by atoms with E-state index in [1.54, 1.807) is 0 Å². The third-order valence-corrected chi connectivity index (χ3v) is 3.10. The lowest BCUT2D eigenvalue weighted by molar-refractivity contribution is -0.119. The van der Waals surface area contributed by atoms with Crippen molar-refractivity contribution in [2.45, 2.75) is 6.10 Å². The Morgan fingerprint density at radius 2 is 1.88 bits per heavy atom. The van der Waals surface area contributed by atoms with E-state index in [0.717, 1.165) is 17.8 Å². The Morgan fingerprint density at radius 1 is 1.12 bits per heavy atom. The van der Waals surface area contributed by atoms with Gasteiger partial charge in [0.05, 0.1) is 6.54 Å². The van der Waals surface area contributed by atoms with Crippen molar-refractivity contribution in [1.29, 1.82) is 0 Å². The van der Waals surface area contributed by atoms with E-state index in [0.29, 0.717) is 0 Å². The molecule has 0 aromatic heterocycles. The summed E-state index contributed by atoms with van der Waals surface area (Å²) >= 11 is 0. The molecule has 128 valence electrons. The molecule has 2 aromatic carbocycles. The van der Waals surface area contributed by atoms with Crippen molar-refractivity contribution in [2.24, 2.45) is 0 Å². The maximum atomic E-state index is 13.0. The highest BCUT2D eigenvalue weighted by Crippen LogP contribution is 2.15. The number of carbonyl (C=O) groups excluding carboxylic acids is 1. The summed E-state index contributed by atoms with van der Waals surface area (Å²) in [6.07, 6.45) is -0.973. The molecule has 0 aliphatic heterocycles. The molecular weight excluding hydrogens is 318 g/mol. The lowest BCUT2D eigenvalue weighted by Crippen LogP contribution is -2.38. The number of carbonyl (C=O) groups is 1. The van der Waals surface area contributed by atoms with E-state index in [4.69, 9.17) is 4.74 Å². The van der Waals surface area contributed by atoms with Gasteiger partial charge < -0.3 is 20.5 Å². The van der Waals surface area contributed by atoms with Gasteiger partial charge in [-0.15, -0.1) is 0 Å². The molecule has 2 aromatic rings. The molecule has 1 amide bonds. The molecule has 1 unspecified atom stereocenters. The first-order valence-electron chi connectivity index (χ1n) is 7.36. The molecule has 3 N–H and O–H groups in total. The zero-order chi connectivity index (χ0) is 17.4. The second kappa shape index (κ2) is 8.83. The highest BCUT2D eigenvalue weighted by atomic mass is 19.2. The third-order valence-electron chi connectivity index (χ3n) is 3.10. The highest BCUT2D eigenvalue weighted by Gasteiger charge is 2.09. The number of aliphatic hydroxyl groups is 1. The number of amides is 1. The monoisotopic (exact) mass is 336 g/mol. The Labute approximate surface area is 138 Å². The first-order valence-corrected chi connectivity index (χ1v) is 7.36. The minimum absolute atomic E-state index is 0.0149. The second-order valence-corrected chi connectivity index (χ2v) is 5.06. The minimum Gasteiger partial charge on any atom is -0.491 e. The predicted octanol–water partition coefficient (Wildman–Crippen LogP) is 1.93. The summed E-state index contributed by atoms with van der Waals surface area (Å²) in [5, 5.41) is 15.2. The van der Waals surface area contributed by atoms with Gasteiger partial charge in [-0.05, 0) is 24.3 Å². The van der Waals surface area contributed by atoms with E-state index < -0.39 is 17.7 Å². The molecule has 0 radical (unpaired) electrons. The van der Waals surface area contributed by atoms with Crippen molar-refractivity contribution in [3.05, 3.63) is 60.2 Å². The summed E-state index contributed by atoms with van der Waals surface area (Å²) in [5.41, 5.74) is 0.815. The van der Waals surface area contributed by atoms with Crippen molar-refractivity contribution in [2.75, 3.05) is 25.0 Å². The normalized spacial score (nSPS) is 11.6. The number of ether oxygens (including phenoxy) is 1. The molecule has 0 saturated heterocycles. The minimum atomic E-state index is -1.03. The van der Waals surface area contributed by atoms with Crippen LogP contribution in [0.15, 0.2) is 48.5 Å². The average molecular weight is 336 g/mol. The number of aliphatic hydroxyl groups excluding tert-OH is 1. The van der Waals surface area contributed by atoms with Crippen LogP contribution in [0.1, 0.15) is 0 Å². The van der Waals surface area contributed by atoms with Crippen LogP contribution >= 0.6 is 0 Å². The summed E-state index contributed by atoms with van der Waals surface area (Å²) in [7, 11) is 0. The molecule has 0 saturated carbocycles. The van der Waals surface area contributed by atoms with Crippen LogP contribution in [0.5, 0.6) is 5.75 Å². The van der Waals surface area contributed by atoms with Gasteiger partial charge in [0, 0.05) is 18.3 Å². The predicted molar refractivity (Wildman–Crippen MR) is 85.8 cm³/mol. The molecular formula is C17H18F2N2O3. The maximum Gasteiger partial charge on any atom is 0.239 e. The van der Waals surface area contributed by atoms with Gasteiger partial charge in [0.2, 0.25) is 5.91 Å². The number of anilines is 1. The number of halogens is 2. The zero-order valence-corrected chi connectivity index (χ0v) is 12.8. The number of rotatable bonds is 8. The zero-order valence-electron chi connectivity index (χ0n) is 12.8. The van der Waals surface area contributed by atoms with Gasteiger partial charge >= 0.3 is 0 Å². The SMILES string of the molecule is O=C(CNc1ccccc1)NCC(O)COc1ccc(F)c(F)c1. The summed E-state index contributed by atoms with van der Waals surface area (Å²) in [4.78, 5) is 11.7. The second-order valence-electron chi connectivity index (χ2n) is 5.06. The molecule has 0 bridgehead atoms. The van der Waals surface area contributed by atoms with E-state index in [-0.39, 0.29) is 31.4 Å². The fourth-order valence-electron chi connectivity index (χ4n) is 1.85. The molecule has 7 heteroatoms. The number of nitrogens with one attached hydrogen (secondary N) is 2. The number of hydrogen-bond acceptors (Lipinski definition) is 4. The van der Waals surface area contributed by atoms with Gasteiger partial charge in [-0.2, -0.15) is 0 Å². The lowest BCUT2D eigenvalue weighted by Gasteiger charge is -2.14. The van der Waals surface area contributed by atoms with Gasteiger partial charge in [-0.1, -0.05) is 18.2 Å². The van der Waals surface area contributed by atoms with Crippen LogP contribution in [-0.4, -0.2) is 36.8 Å². The third kappa shape index (κ3) is 5.85. The van der Waals surface area contributed by atoms with Gasteiger partial charge in [-0.3, -0.25) is 4.79 Å². The van der Waals surface area contributed by atoms with Crippen molar-refractivity contribution < 1.29 is 23.4 Å². The van der Waals surface area contributed by atoms with E-state index >= 15 is 0 Å². The van der Waals surface area contributed by atoms with Gasteiger partial charge in [0.15, 0.2) is 11.6 Å². The van der Waals surface area contributed by atoms with Crippen LogP contribution in [0.25, 0.3) is 0 Å². The Balaban J connectivity index is 1.66. The fraction of sp³-hybridized carbons (Fsp3) is 0.235. The lowest BCUT2D eigenvalue weighted by atomic mass is 10.3. The Bertz CT molecular complexity index is 668. The van der Waals surface area contributed by atoms with Crippen LogP contribution in [0.3, 0.4) is 0 Å². The Kier molecular flexibility index (Phi) is 6.51. The first kappa shape index (κ1) is 17.7. The largest absolute Gasteiger partial charge is 0.491 e. The summed E-state index contributed by atoms with van der Waals surface area (Å²) in [5.74, 6) is -2.18. The van der Waals surface area contributed by atoms with Crippen LogP contribution in [-0.2, 0) is 4.79 Å². The molecule has 1 atom stereocenters. The molecule has 24 heavy (non-hydrogen) atoms. The molecule has 5 nitrogen and oxygen atoms in total. The molecule has 0 fully saturated rings. The smallest absolute Gasteiger partial charge is 0.239 e. The Morgan fingerprint density at radius 3 is 2.58 bits per heavy atom. The first-order chi connectivity index (χ1) is 11.5. The summed E-state index contributed by atoms with van der Waals surface area (Å²) in [6, 6.07) is 12.3. The standard InChI is InChI=1S/C17H18F2N2O3/c18-15-7-6-14(8-16(15)19)24-11-13(22)9-21-17(23)10-20-12-4-2-1-3-5-12/h1-8,13,20,22H,9-11H2,(H,21,23). The van der Waals surface area contributed by atoms with E-state index in [1.165, 1.54) is 6.07 Å². The van der Waals surface area contributed by atoms with Crippen LogP contribution in [0.2, 0.25) is 0 Å².